The first-order valence-electron chi connectivity index (χ1n) is 8.42. The van der Waals surface area contributed by atoms with E-state index in [0.29, 0.717) is 5.89 Å². The first kappa shape index (κ1) is 16.2. The molecule has 2 aromatic rings. The molecule has 5 heteroatoms. The molecule has 1 aromatic carbocycles. The van der Waals surface area contributed by atoms with Gasteiger partial charge in [0.25, 0.3) is 0 Å². The number of nitrogens with zero attached hydrogens (tertiary/aromatic N) is 2. The Morgan fingerprint density at radius 2 is 2.00 bits per heavy atom. The van der Waals surface area contributed by atoms with E-state index in [-0.39, 0.29) is 6.10 Å². The normalized spacial score (nSPS) is 16.7. The summed E-state index contributed by atoms with van der Waals surface area (Å²) in [5.74, 6) is 0.675. The minimum atomic E-state index is -0.0876. The van der Waals surface area contributed by atoms with Crippen LogP contribution in [0.5, 0.6) is 0 Å². The molecular weight excluding hydrogens is 290 g/mol. The number of aromatic nitrogens is 1. The quantitative estimate of drug-likeness (QED) is 0.768. The van der Waals surface area contributed by atoms with Gasteiger partial charge in [-0.1, -0.05) is 18.2 Å². The van der Waals surface area contributed by atoms with Crippen LogP contribution in [0.15, 0.2) is 41.0 Å². The van der Waals surface area contributed by atoms with Crippen molar-refractivity contribution in [2.45, 2.75) is 31.9 Å². The summed E-state index contributed by atoms with van der Waals surface area (Å²) in [7, 11) is 0. The van der Waals surface area contributed by atoms with E-state index in [1.54, 1.807) is 6.26 Å². The van der Waals surface area contributed by atoms with Crippen LogP contribution in [-0.2, 0) is 6.54 Å². The summed E-state index contributed by atoms with van der Waals surface area (Å²) in [6.45, 7) is 4.82. The highest BCUT2D eigenvalue weighted by Crippen LogP contribution is 2.17. The molecule has 0 unspecified atom stereocenters. The molecule has 1 saturated heterocycles. The van der Waals surface area contributed by atoms with E-state index in [2.05, 4.69) is 15.2 Å². The molecule has 0 saturated carbocycles. The van der Waals surface area contributed by atoms with Gasteiger partial charge in [0.15, 0.2) is 0 Å². The number of aliphatic hydroxyl groups excluding tert-OH is 1. The van der Waals surface area contributed by atoms with Gasteiger partial charge < -0.3 is 19.7 Å². The second-order valence-electron chi connectivity index (χ2n) is 6.11. The Labute approximate surface area is 137 Å². The van der Waals surface area contributed by atoms with Crippen LogP contribution in [0.2, 0.25) is 0 Å². The molecule has 124 valence electrons. The zero-order valence-corrected chi connectivity index (χ0v) is 13.4. The lowest BCUT2D eigenvalue weighted by atomic mass is 10.1. The second-order valence-corrected chi connectivity index (χ2v) is 6.11. The van der Waals surface area contributed by atoms with Gasteiger partial charge in [0.1, 0.15) is 6.26 Å². The maximum absolute atomic E-state index is 9.49. The van der Waals surface area contributed by atoms with Crippen molar-refractivity contribution in [3.05, 3.63) is 42.3 Å². The van der Waals surface area contributed by atoms with Crippen LogP contribution in [0, 0.1) is 0 Å². The van der Waals surface area contributed by atoms with Gasteiger partial charge in [-0.15, -0.1) is 0 Å². The lowest BCUT2D eigenvalue weighted by Crippen LogP contribution is -2.37. The van der Waals surface area contributed by atoms with Crippen LogP contribution in [0.4, 0.5) is 0 Å². The predicted octanol–water partition coefficient (Wildman–Crippen LogP) is 2.28. The van der Waals surface area contributed by atoms with Crippen LogP contribution in [0.25, 0.3) is 11.5 Å². The standard InChI is InChI=1S/C18H25N3O2/c22-17-7-11-21(12-8-17)10-4-9-19-13-16-14-23-18(20-16)15-5-2-1-3-6-15/h1-3,5-6,14,17,19,22H,4,7-13H2. The van der Waals surface area contributed by atoms with Gasteiger partial charge >= 0.3 is 0 Å². The third kappa shape index (κ3) is 4.89. The van der Waals surface area contributed by atoms with E-state index in [0.717, 1.165) is 63.2 Å². The Balaban J connectivity index is 1.34. The highest BCUT2D eigenvalue weighted by Gasteiger charge is 2.15. The number of likely N-dealkylation sites (tertiary alicyclic amines) is 1. The zero-order chi connectivity index (χ0) is 15.9. The van der Waals surface area contributed by atoms with E-state index in [4.69, 9.17) is 4.42 Å². The van der Waals surface area contributed by atoms with Crippen molar-refractivity contribution in [3.8, 4) is 11.5 Å². The fourth-order valence-electron chi connectivity index (χ4n) is 2.89. The second kappa shape index (κ2) is 8.24. The van der Waals surface area contributed by atoms with E-state index in [9.17, 15) is 5.11 Å². The highest BCUT2D eigenvalue weighted by molar-refractivity contribution is 5.52. The van der Waals surface area contributed by atoms with Gasteiger partial charge in [0.2, 0.25) is 5.89 Å². The highest BCUT2D eigenvalue weighted by atomic mass is 16.3. The topological polar surface area (TPSA) is 61.5 Å². The van der Waals surface area contributed by atoms with E-state index in [1.807, 2.05) is 30.3 Å². The molecule has 0 amide bonds. The SMILES string of the molecule is OC1CCN(CCCNCc2coc(-c3ccccc3)n2)CC1. The van der Waals surface area contributed by atoms with Crippen molar-refractivity contribution < 1.29 is 9.52 Å². The Morgan fingerprint density at radius 3 is 2.78 bits per heavy atom. The Kier molecular flexibility index (Phi) is 5.80. The van der Waals surface area contributed by atoms with Crippen molar-refractivity contribution in [1.29, 1.82) is 0 Å². The van der Waals surface area contributed by atoms with Crippen molar-refractivity contribution in [2.24, 2.45) is 0 Å². The minimum absolute atomic E-state index is 0.0876. The molecule has 0 spiro atoms. The number of benzene rings is 1. The summed E-state index contributed by atoms with van der Waals surface area (Å²) < 4.78 is 5.53. The van der Waals surface area contributed by atoms with Crippen LogP contribution >= 0.6 is 0 Å². The van der Waals surface area contributed by atoms with Crippen LogP contribution in [0.3, 0.4) is 0 Å². The number of aliphatic hydroxyl groups is 1. The van der Waals surface area contributed by atoms with Gasteiger partial charge in [-0.2, -0.15) is 0 Å². The van der Waals surface area contributed by atoms with Crippen molar-refractivity contribution in [2.75, 3.05) is 26.2 Å². The monoisotopic (exact) mass is 315 g/mol. The van der Waals surface area contributed by atoms with Gasteiger partial charge in [-0.3, -0.25) is 0 Å². The number of hydrogen-bond acceptors (Lipinski definition) is 5. The summed E-state index contributed by atoms with van der Waals surface area (Å²) in [6, 6.07) is 9.95. The van der Waals surface area contributed by atoms with Crippen molar-refractivity contribution in [3.63, 3.8) is 0 Å². The maximum Gasteiger partial charge on any atom is 0.226 e. The van der Waals surface area contributed by atoms with Crippen LogP contribution < -0.4 is 5.32 Å². The summed E-state index contributed by atoms with van der Waals surface area (Å²) >= 11 is 0. The molecule has 1 aliphatic rings. The lowest BCUT2D eigenvalue weighted by molar-refractivity contribution is 0.0821. The number of oxazole rings is 1. The molecule has 23 heavy (non-hydrogen) atoms. The van der Waals surface area contributed by atoms with E-state index >= 15 is 0 Å². The molecule has 2 heterocycles. The van der Waals surface area contributed by atoms with Gasteiger partial charge in [-0.05, 0) is 44.5 Å². The molecule has 0 radical (unpaired) electrons. The minimum Gasteiger partial charge on any atom is -0.444 e. The number of rotatable bonds is 7. The number of hydrogen-bond donors (Lipinski definition) is 2. The van der Waals surface area contributed by atoms with Crippen molar-refractivity contribution >= 4 is 0 Å². The molecule has 2 N–H and O–H groups in total. The summed E-state index contributed by atoms with van der Waals surface area (Å²) in [4.78, 5) is 6.94. The molecule has 1 fully saturated rings. The fraction of sp³-hybridized carbons (Fsp3) is 0.500. The molecule has 1 aliphatic heterocycles. The van der Waals surface area contributed by atoms with E-state index < -0.39 is 0 Å². The number of nitrogens with one attached hydrogen (secondary N) is 1. The maximum atomic E-state index is 9.49. The number of piperidine rings is 1. The molecular formula is C18H25N3O2. The molecule has 3 rings (SSSR count). The average molecular weight is 315 g/mol. The summed E-state index contributed by atoms with van der Waals surface area (Å²) in [5.41, 5.74) is 1.94. The molecule has 0 aliphatic carbocycles. The zero-order valence-electron chi connectivity index (χ0n) is 13.4. The summed E-state index contributed by atoms with van der Waals surface area (Å²) in [5, 5.41) is 12.9. The molecule has 0 atom stereocenters. The first-order chi connectivity index (χ1) is 11.3. The Morgan fingerprint density at radius 1 is 1.22 bits per heavy atom. The first-order valence-corrected chi connectivity index (χ1v) is 8.42. The van der Waals surface area contributed by atoms with E-state index in [1.165, 1.54) is 0 Å². The third-order valence-corrected chi connectivity index (χ3v) is 4.26. The smallest absolute Gasteiger partial charge is 0.226 e. The molecule has 0 bridgehead atoms. The lowest BCUT2D eigenvalue weighted by Gasteiger charge is -2.29. The summed E-state index contributed by atoms with van der Waals surface area (Å²) in [6.07, 6.45) is 4.57. The van der Waals surface area contributed by atoms with Gasteiger partial charge in [0.05, 0.1) is 11.8 Å². The average Bonchev–Trinajstić information content (AvgIpc) is 3.06. The predicted molar refractivity (Wildman–Crippen MR) is 89.9 cm³/mol. The fourth-order valence-corrected chi connectivity index (χ4v) is 2.89. The van der Waals surface area contributed by atoms with Gasteiger partial charge in [-0.25, -0.2) is 4.98 Å². The van der Waals surface area contributed by atoms with Crippen LogP contribution in [0.1, 0.15) is 25.0 Å². The Hall–Kier alpha value is -1.69. The van der Waals surface area contributed by atoms with Gasteiger partial charge in [0, 0.05) is 25.2 Å². The molecule has 1 aromatic heterocycles. The molecule has 5 nitrogen and oxygen atoms in total. The van der Waals surface area contributed by atoms with Crippen molar-refractivity contribution in [1.82, 2.24) is 15.2 Å². The van der Waals surface area contributed by atoms with Crippen LogP contribution in [-0.4, -0.2) is 47.3 Å². The Bertz CT molecular complexity index is 577. The third-order valence-electron chi connectivity index (χ3n) is 4.26. The largest absolute Gasteiger partial charge is 0.444 e.